The Labute approximate surface area is 70.9 Å². The lowest BCUT2D eigenvalue weighted by atomic mass is 10.1. The van der Waals surface area contributed by atoms with Gasteiger partial charge < -0.3 is 24.4 Å². The molecule has 1 aliphatic rings. The Kier molecular flexibility index (Phi) is 3.42. The molecule has 5 nitrogen and oxygen atoms in total. The topological polar surface area (TPSA) is 68.2 Å². The van der Waals surface area contributed by atoms with E-state index in [1.54, 1.807) is 0 Å². The zero-order chi connectivity index (χ0) is 9.14. The molecule has 2 N–H and O–H groups in total. The van der Waals surface area contributed by atoms with Gasteiger partial charge in [0.1, 0.15) is 18.3 Å². The minimum Gasteiger partial charge on any atom is -0.394 e. The van der Waals surface area contributed by atoms with Crippen LogP contribution in [-0.4, -0.2) is 55.6 Å². The summed E-state index contributed by atoms with van der Waals surface area (Å²) in [6.07, 6.45) is -2.45. The molecule has 1 aliphatic heterocycles. The van der Waals surface area contributed by atoms with Crippen LogP contribution in [-0.2, 0) is 14.2 Å². The van der Waals surface area contributed by atoms with Crippen LogP contribution in [0, 0.1) is 0 Å². The number of ether oxygens (including phenoxy) is 3. The average molecular weight is 178 g/mol. The van der Waals surface area contributed by atoms with E-state index < -0.39 is 24.6 Å². The van der Waals surface area contributed by atoms with E-state index in [1.165, 1.54) is 14.2 Å². The third kappa shape index (κ3) is 1.60. The molecule has 0 radical (unpaired) electrons. The maximum absolute atomic E-state index is 9.25. The highest BCUT2D eigenvalue weighted by atomic mass is 16.7. The number of aliphatic hydroxyl groups excluding tert-OH is 2. The van der Waals surface area contributed by atoms with E-state index in [9.17, 15) is 5.11 Å². The summed E-state index contributed by atoms with van der Waals surface area (Å²) < 4.78 is 14.9. The molecule has 0 spiro atoms. The molecular weight excluding hydrogens is 164 g/mol. The van der Waals surface area contributed by atoms with Crippen LogP contribution in [0.3, 0.4) is 0 Å². The molecular formula is C7H14O5. The monoisotopic (exact) mass is 178 g/mol. The van der Waals surface area contributed by atoms with Crippen molar-refractivity contribution in [3.8, 4) is 0 Å². The van der Waals surface area contributed by atoms with Crippen LogP contribution in [0.25, 0.3) is 0 Å². The van der Waals surface area contributed by atoms with Crippen molar-refractivity contribution < 1.29 is 24.4 Å². The SMILES string of the molecule is CO[C@H]1[C@H](OC)[C@@H](CO)O[C@@H]1O. The van der Waals surface area contributed by atoms with Gasteiger partial charge in [-0.15, -0.1) is 0 Å². The maximum atomic E-state index is 9.25. The smallest absolute Gasteiger partial charge is 0.184 e. The molecule has 5 heteroatoms. The van der Waals surface area contributed by atoms with Gasteiger partial charge in [-0.25, -0.2) is 0 Å². The standard InChI is InChI=1S/C7H14O5/c1-10-5-4(3-8)12-7(9)6(5)11-2/h4-9H,3H2,1-2H3/t4-,5-,6+,7+/m1/s1. The molecule has 1 saturated heterocycles. The minimum absolute atomic E-state index is 0.185. The molecule has 72 valence electrons. The third-order valence-electron chi connectivity index (χ3n) is 2.01. The lowest BCUT2D eigenvalue weighted by molar-refractivity contribution is -0.140. The van der Waals surface area contributed by atoms with E-state index in [0.717, 1.165) is 0 Å². The molecule has 0 saturated carbocycles. The van der Waals surface area contributed by atoms with Crippen LogP contribution in [0.2, 0.25) is 0 Å². The molecule has 4 atom stereocenters. The first kappa shape index (κ1) is 9.88. The Morgan fingerprint density at radius 3 is 2.25 bits per heavy atom. The van der Waals surface area contributed by atoms with Crippen LogP contribution < -0.4 is 0 Å². The van der Waals surface area contributed by atoms with Gasteiger partial charge >= 0.3 is 0 Å². The minimum atomic E-state index is -1.02. The van der Waals surface area contributed by atoms with Gasteiger partial charge in [-0.2, -0.15) is 0 Å². The van der Waals surface area contributed by atoms with Gasteiger partial charge in [-0.3, -0.25) is 0 Å². The number of hydrogen-bond donors (Lipinski definition) is 2. The van der Waals surface area contributed by atoms with Crippen molar-refractivity contribution in [2.75, 3.05) is 20.8 Å². The van der Waals surface area contributed by atoms with Crippen LogP contribution in [0.15, 0.2) is 0 Å². The van der Waals surface area contributed by atoms with Gasteiger partial charge in [0, 0.05) is 14.2 Å². The molecule has 0 aromatic heterocycles. The highest BCUT2D eigenvalue weighted by Crippen LogP contribution is 2.23. The first-order valence-electron chi connectivity index (χ1n) is 3.74. The van der Waals surface area contributed by atoms with Gasteiger partial charge in [-0.05, 0) is 0 Å². The number of rotatable bonds is 3. The maximum Gasteiger partial charge on any atom is 0.184 e. The Morgan fingerprint density at radius 2 is 1.83 bits per heavy atom. The van der Waals surface area contributed by atoms with Crippen molar-refractivity contribution >= 4 is 0 Å². The zero-order valence-corrected chi connectivity index (χ0v) is 7.14. The van der Waals surface area contributed by atoms with Gasteiger partial charge in [0.25, 0.3) is 0 Å². The van der Waals surface area contributed by atoms with Gasteiger partial charge in [0.15, 0.2) is 6.29 Å². The van der Waals surface area contributed by atoms with Crippen molar-refractivity contribution in [3.05, 3.63) is 0 Å². The summed E-state index contributed by atoms with van der Waals surface area (Å²) in [5.41, 5.74) is 0. The molecule has 1 fully saturated rings. The molecule has 0 aromatic rings. The van der Waals surface area contributed by atoms with Crippen LogP contribution in [0.1, 0.15) is 0 Å². The van der Waals surface area contributed by atoms with Crippen molar-refractivity contribution in [2.24, 2.45) is 0 Å². The number of hydrogen-bond acceptors (Lipinski definition) is 5. The van der Waals surface area contributed by atoms with Crippen LogP contribution in [0.5, 0.6) is 0 Å². The summed E-state index contributed by atoms with van der Waals surface area (Å²) in [5.74, 6) is 0. The van der Waals surface area contributed by atoms with Crippen LogP contribution >= 0.6 is 0 Å². The summed E-state index contributed by atoms with van der Waals surface area (Å²) in [6.45, 7) is -0.185. The van der Waals surface area contributed by atoms with E-state index in [4.69, 9.17) is 19.3 Å². The molecule has 1 heterocycles. The number of aliphatic hydroxyl groups is 2. The Bertz CT molecular complexity index is 140. The Morgan fingerprint density at radius 1 is 1.25 bits per heavy atom. The summed E-state index contributed by atoms with van der Waals surface area (Å²) in [4.78, 5) is 0. The van der Waals surface area contributed by atoms with Crippen molar-refractivity contribution in [3.63, 3.8) is 0 Å². The molecule has 12 heavy (non-hydrogen) atoms. The molecule has 0 amide bonds. The molecule has 0 aliphatic carbocycles. The Hall–Kier alpha value is -0.200. The normalized spacial score (nSPS) is 42.0. The quantitative estimate of drug-likeness (QED) is 0.563. The highest BCUT2D eigenvalue weighted by molar-refractivity contribution is 4.87. The van der Waals surface area contributed by atoms with E-state index in [-0.39, 0.29) is 6.61 Å². The van der Waals surface area contributed by atoms with Crippen molar-refractivity contribution in [2.45, 2.75) is 24.6 Å². The second kappa shape index (κ2) is 4.15. The highest BCUT2D eigenvalue weighted by Gasteiger charge is 2.44. The second-order valence-electron chi connectivity index (χ2n) is 2.65. The van der Waals surface area contributed by atoms with Gasteiger partial charge in [0.2, 0.25) is 0 Å². The van der Waals surface area contributed by atoms with E-state index in [1.807, 2.05) is 0 Å². The molecule has 0 aromatic carbocycles. The fourth-order valence-corrected chi connectivity index (χ4v) is 1.39. The van der Waals surface area contributed by atoms with Crippen molar-refractivity contribution in [1.29, 1.82) is 0 Å². The first-order valence-corrected chi connectivity index (χ1v) is 3.74. The molecule has 0 unspecified atom stereocenters. The predicted octanol–water partition coefficient (Wildman–Crippen LogP) is -1.27. The van der Waals surface area contributed by atoms with Gasteiger partial charge in [-0.1, -0.05) is 0 Å². The summed E-state index contributed by atoms with van der Waals surface area (Å²) in [6, 6.07) is 0. The predicted molar refractivity (Wildman–Crippen MR) is 39.6 cm³/mol. The molecule has 0 bridgehead atoms. The fraction of sp³-hybridized carbons (Fsp3) is 1.00. The van der Waals surface area contributed by atoms with Gasteiger partial charge in [0.05, 0.1) is 6.61 Å². The van der Waals surface area contributed by atoms with E-state index >= 15 is 0 Å². The first-order chi connectivity index (χ1) is 5.74. The largest absolute Gasteiger partial charge is 0.394 e. The fourth-order valence-electron chi connectivity index (χ4n) is 1.39. The third-order valence-corrected chi connectivity index (χ3v) is 2.01. The number of methoxy groups -OCH3 is 2. The van der Waals surface area contributed by atoms with Crippen LogP contribution in [0.4, 0.5) is 0 Å². The van der Waals surface area contributed by atoms with E-state index in [0.29, 0.717) is 0 Å². The van der Waals surface area contributed by atoms with Crippen molar-refractivity contribution in [1.82, 2.24) is 0 Å². The van der Waals surface area contributed by atoms with E-state index in [2.05, 4.69) is 0 Å². The summed E-state index contributed by atoms with van der Waals surface area (Å²) in [7, 11) is 2.95. The summed E-state index contributed by atoms with van der Waals surface area (Å²) >= 11 is 0. The lowest BCUT2D eigenvalue weighted by Gasteiger charge is -2.18. The molecule has 1 rings (SSSR count). The summed E-state index contributed by atoms with van der Waals surface area (Å²) in [5, 5.41) is 18.1. The Balaban J connectivity index is 2.61. The second-order valence-corrected chi connectivity index (χ2v) is 2.65. The zero-order valence-electron chi connectivity index (χ0n) is 7.14. The average Bonchev–Trinajstić information content (AvgIpc) is 2.40. The lowest BCUT2D eigenvalue weighted by Crippen LogP contribution is -2.37.